The van der Waals surface area contributed by atoms with Gasteiger partial charge in [-0.05, 0) is 23.9 Å². The van der Waals surface area contributed by atoms with Gasteiger partial charge in [-0.1, -0.05) is 23.7 Å². The number of halogens is 1. The number of hydrogen-bond donors (Lipinski definition) is 0. The number of para-hydroxylation sites is 2. The Morgan fingerprint density at radius 3 is 2.88 bits per heavy atom. The van der Waals surface area contributed by atoms with Gasteiger partial charge in [0.15, 0.2) is 15.8 Å². The largest absolute Gasteiger partial charge is 0.431 e. The van der Waals surface area contributed by atoms with Gasteiger partial charge in [-0.2, -0.15) is 8.75 Å². The Hall–Kier alpha value is -1.11. The summed E-state index contributed by atoms with van der Waals surface area (Å²) in [5.74, 6) is 0. The van der Waals surface area contributed by atoms with Gasteiger partial charge in [-0.25, -0.2) is 4.98 Å². The van der Waals surface area contributed by atoms with Gasteiger partial charge >= 0.3 is 0 Å². The molecule has 0 saturated heterocycles. The summed E-state index contributed by atoms with van der Waals surface area (Å²) in [7, 11) is 0. The van der Waals surface area contributed by atoms with Gasteiger partial charge in [0.25, 0.3) is 5.22 Å². The second-order valence-electron chi connectivity index (χ2n) is 2.91. The Morgan fingerprint density at radius 1 is 1.25 bits per heavy atom. The zero-order chi connectivity index (χ0) is 11.0. The van der Waals surface area contributed by atoms with E-state index in [2.05, 4.69) is 13.7 Å². The van der Waals surface area contributed by atoms with Crippen molar-refractivity contribution < 1.29 is 4.42 Å². The van der Waals surface area contributed by atoms with Crippen LogP contribution in [-0.2, 0) is 0 Å². The highest BCUT2D eigenvalue weighted by Gasteiger charge is 2.12. The zero-order valence-corrected chi connectivity index (χ0v) is 10.1. The normalized spacial score (nSPS) is 11.1. The van der Waals surface area contributed by atoms with Crippen molar-refractivity contribution in [1.29, 1.82) is 0 Å². The molecule has 0 bridgehead atoms. The van der Waals surface area contributed by atoms with E-state index in [0.717, 1.165) is 22.8 Å². The molecule has 2 heterocycles. The van der Waals surface area contributed by atoms with Crippen LogP contribution in [0.1, 0.15) is 0 Å². The molecule has 3 aromatic rings. The topological polar surface area (TPSA) is 51.8 Å². The SMILES string of the molecule is Clc1nsnc1Sc1nc2ccccc2o1. The fraction of sp³-hybridized carbons (Fsp3) is 0. The highest BCUT2D eigenvalue weighted by atomic mass is 35.5. The average molecular weight is 270 g/mol. The molecule has 3 rings (SSSR count). The van der Waals surface area contributed by atoms with Crippen LogP contribution < -0.4 is 0 Å². The molecular formula is C9H4ClN3OS2. The van der Waals surface area contributed by atoms with Crippen molar-refractivity contribution >= 4 is 46.2 Å². The lowest BCUT2D eigenvalue weighted by Crippen LogP contribution is -1.73. The lowest BCUT2D eigenvalue weighted by molar-refractivity contribution is 0.489. The summed E-state index contributed by atoms with van der Waals surface area (Å²) in [5, 5.41) is 1.53. The Balaban J connectivity index is 1.98. The molecule has 0 unspecified atom stereocenters. The van der Waals surface area contributed by atoms with E-state index >= 15 is 0 Å². The Labute approximate surface area is 104 Å². The van der Waals surface area contributed by atoms with Crippen molar-refractivity contribution in [3.8, 4) is 0 Å². The van der Waals surface area contributed by atoms with Gasteiger partial charge in [-0.15, -0.1) is 0 Å². The fourth-order valence-electron chi connectivity index (χ4n) is 1.21. The molecule has 0 fully saturated rings. The molecule has 7 heteroatoms. The van der Waals surface area contributed by atoms with Gasteiger partial charge in [0, 0.05) is 0 Å². The first-order valence-corrected chi connectivity index (χ1v) is 6.27. The van der Waals surface area contributed by atoms with E-state index in [-0.39, 0.29) is 0 Å². The predicted molar refractivity (Wildman–Crippen MR) is 63.1 cm³/mol. The quantitative estimate of drug-likeness (QED) is 0.713. The smallest absolute Gasteiger partial charge is 0.263 e. The molecule has 80 valence electrons. The summed E-state index contributed by atoms with van der Waals surface area (Å²) in [5.41, 5.74) is 1.58. The summed E-state index contributed by atoms with van der Waals surface area (Å²) in [4.78, 5) is 4.30. The summed E-state index contributed by atoms with van der Waals surface area (Å²) in [6, 6.07) is 7.58. The molecule has 4 nitrogen and oxygen atoms in total. The zero-order valence-electron chi connectivity index (χ0n) is 7.75. The van der Waals surface area contributed by atoms with Crippen LogP contribution in [0.5, 0.6) is 0 Å². The van der Waals surface area contributed by atoms with Gasteiger partial charge in [-0.3, -0.25) is 0 Å². The van der Waals surface area contributed by atoms with Gasteiger partial charge in [0.1, 0.15) is 5.52 Å². The molecule has 1 aromatic carbocycles. The second-order valence-corrected chi connectivity index (χ2v) is 4.74. The first-order chi connectivity index (χ1) is 7.83. The lowest BCUT2D eigenvalue weighted by atomic mass is 10.3. The van der Waals surface area contributed by atoms with E-state index in [1.54, 1.807) is 0 Å². The van der Waals surface area contributed by atoms with Crippen LogP contribution in [0, 0.1) is 0 Å². The standard InChI is InChI=1S/C9H4ClN3OS2/c10-7-8(13-16-12-7)15-9-11-5-3-1-2-4-6(5)14-9/h1-4H. The molecule has 16 heavy (non-hydrogen) atoms. The van der Waals surface area contributed by atoms with Crippen molar-refractivity contribution in [3.63, 3.8) is 0 Å². The van der Waals surface area contributed by atoms with E-state index in [0.29, 0.717) is 15.4 Å². The Bertz CT molecular complexity index is 603. The maximum Gasteiger partial charge on any atom is 0.263 e. The minimum absolute atomic E-state index is 0.386. The molecule has 0 aliphatic rings. The molecule has 0 amide bonds. The summed E-state index contributed by atoms with van der Waals surface area (Å²) in [6.07, 6.45) is 0. The number of hydrogen-bond acceptors (Lipinski definition) is 6. The molecule has 0 N–H and O–H groups in total. The van der Waals surface area contributed by atoms with Crippen LogP contribution in [0.2, 0.25) is 5.15 Å². The molecule has 0 saturated carbocycles. The third kappa shape index (κ3) is 1.79. The van der Waals surface area contributed by atoms with Crippen LogP contribution in [0.25, 0.3) is 11.1 Å². The fourth-order valence-corrected chi connectivity index (χ4v) is 2.75. The maximum absolute atomic E-state index is 5.83. The molecule has 2 aromatic heterocycles. The number of aromatic nitrogens is 3. The number of fused-ring (bicyclic) bond motifs is 1. The summed E-state index contributed by atoms with van der Waals surface area (Å²) >= 11 is 8.18. The predicted octanol–water partition coefficient (Wildman–Crippen LogP) is 3.48. The van der Waals surface area contributed by atoms with Gasteiger partial charge < -0.3 is 4.42 Å². The van der Waals surface area contributed by atoms with Crippen molar-refractivity contribution in [2.24, 2.45) is 0 Å². The second kappa shape index (κ2) is 4.04. The summed E-state index contributed by atoms with van der Waals surface area (Å²) in [6.45, 7) is 0. The van der Waals surface area contributed by atoms with Crippen molar-refractivity contribution in [1.82, 2.24) is 13.7 Å². The van der Waals surface area contributed by atoms with Crippen molar-refractivity contribution in [2.75, 3.05) is 0 Å². The highest BCUT2D eigenvalue weighted by Crippen LogP contribution is 2.32. The number of nitrogens with zero attached hydrogens (tertiary/aromatic N) is 3. The minimum Gasteiger partial charge on any atom is -0.431 e. The molecule has 0 aliphatic heterocycles. The number of rotatable bonds is 2. The Morgan fingerprint density at radius 2 is 2.12 bits per heavy atom. The lowest BCUT2D eigenvalue weighted by Gasteiger charge is -1.88. The van der Waals surface area contributed by atoms with E-state index in [4.69, 9.17) is 16.0 Å². The molecule has 0 atom stereocenters. The molecule has 0 aliphatic carbocycles. The maximum atomic E-state index is 5.83. The van der Waals surface area contributed by atoms with Crippen molar-refractivity contribution in [3.05, 3.63) is 29.4 Å². The van der Waals surface area contributed by atoms with Crippen LogP contribution in [0.15, 0.2) is 38.9 Å². The van der Waals surface area contributed by atoms with Crippen LogP contribution in [-0.4, -0.2) is 13.7 Å². The van der Waals surface area contributed by atoms with Gasteiger partial charge in [0.2, 0.25) is 0 Å². The number of oxazole rings is 1. The first-order valence-electron chi connectivity index (χ1n) is 4.34. The molecule has 0 spiro atoms. The summed E-state index contributed by atoms with van der Waals surface area (Å²) < 4.78 is 13.4. The third-order valence-corrected chi connectivity index (χ3v) is 3.83. The van der Waals surface area contributed by atoms with Gasteiger partial charge in [0.05, 0.1) is 11.7 Å². The monoisotopic (exact) mass is 269 g/mol. The van der Waals surface area contributed by atoms with E-state index in [1.807, 2.05) is 24.3 Å². The van der Waals surface area contributed by atoms with E-state index in [9.17, 15) is 0 Å². The van der Waals surface area contributed by atoms with Crippen LogP contribution in [0.3, 0.4) is 0 Å². The highest BCUT2D eigenvalue weighted by molar-refractivity contribution is 7.99. The minimum atomic E-state index is 0.386. The number of benzene rings is 1. The van der Waals surface area contributed by atoms with Crippen molar-refractivity contribution in [2.45, 2.75) is 10.2 Å². The average Bonchev–Trinajstić information content (AvgIpc) is 2.85. The third-order valence-electron chi connectivity index (χ3n) is 1.88. The molecular weight excluding hydrogens is 266 g/mol. The molecule has 0 radical (unpaired) electrons. The Kier molecular flexibility index (Phi) is 2.55. The van der Waals surface area contributed by atoms with Crippen LogP contribution >= 0.6 is 35.1 Å². The van der Waals surface area contributed by atoms with E-state index in [1.165, 1.54) is 11.8 Å². The van der Waals surface area contributed by atoms with Crippen LogP contribution in [0.4, 0.5) is 0 Å². The first kappa shape index (κ1) is 10.1. The van der Waals surface area contributed by atoms with E-state index < -0.39 is 0 Å².